The van der Waals surface area contributed by atoms with Crippen molar-refractivity contribution in [2.45, 2.75) is 27.2 Å². The molecule has 0 spiro atoms. The third-order valence-electron chi connectivity index (χ3n) is 3.83. The van der Waals surface area contributed by atoms with Gasteiger partial charge in [0.15, 0.2) is 0 Å². The van der Waals surface area contributed by atoms with Gasteiger partial charge >= 0.3 is 0 Å². The van der Waals surface area contributed by atoms with Crippen LogP contribution in [0.2, 0.25) is 0 Å². The zero-order valence-electron chi connectivity index (χ0n) is 12.2. The van der Waals surface area contributed by atoms with Crippen molar-refractivity contribution in [3.05, 3.63) is 22.4 Å². The molecule has 2 rings (SSSR count). The van der Waals surface area contributed by atoms with E-state index < -0.39 is 5.92 Å². The third kappa shape index (κ3) is 3.39. The normalized spacial score (nSPS) is 22.6. The van der Waals surface area contributed by atoms with Crippen LogP contribution in [0.5, 0.6) is 0 Å². The van der Waals surface area contributed by atoms with Crippen LogP contribution in [0.1, 0.15) is 25.6 Å². The van der Waals surface area contributed by atoms with Crippen molar-refractivity contribution in [3.63, 3.8) is 0 Å². The van der Waals surface area contributed by atoms with Crippen LogP contribution in [-0.4, -0.2) is 24.9 Å². The molecule has 2 atom stereocenters. The molecule has 1 aliphatic heterocycles. The fourth-order valence-corrected chi connectivity index (χ4v) is 3.31. The first kappa shape index (κ1) is 15.0. The van der Waals surface area contributed by atoms with E-state index in [1.807, 2.05) is 11.4 Å². The molecule has 20 heavy (non-hydrogen) atoms. The third-order valence-corrected chi connectivity index (χ3v) is 4.76. The summed E-state index contributed by atoms with van der Waals surface area (Å²) < 4.78 is 0. The van der Waals surface area contributed by atoms with Crippen LogP contribution in [0.25, 0.3) is 0 Å². The zero-order chi connectivity index (χ0) is 14.8. The Kier molecular flexibility index (Phi) is 4.48. The van der Waals surface area contributed by atoms with Gasteiger partial charge in [-0.05, 0) is 23.3 Å². The van der Waals surface area contributed by atoms with Crippen molar-refractivity contribution in [2.75, 3.05) is 13.1 Å². The lowest BCUT2D eigenvalue weighted by Gasteiger charge is -2.29. The van der Waals surface area contributed by atoms with Crippen LogP contribution in [-0.2, 0) is 16.0 Å². The number of nitrogens with one attached hydrogen (secondary N) is 2. The van der Waals surface area contributed by atoms with E-state index >= 15 is 0 Å². The first-order valence-electron chi connectivity index (χ1n) is 6.97. The largest absolute Gasteiger partial charge is 0.355 e. The lowest BCUT2D eigenvalue weighted by atomic mass is 9.74. The summed E-state index contributed by atoms with van der Waals surface area (Å²) in [7, 11) is 0. The van der Waals surface area contributed by atoms with Crippen LogP contribution in [0, 0.1) is 17.3 Å². The van der Waals surface area contributed by atoms with Crippen LogP contribution >= 0.6 is 11.3 Å². The maximum Gasteiger partial charge on any atom is 0.232 e. The standard InChI is InChI=1S/C15H22N2O2S/c1-15(2,3)11-9-17-14(19)12(11)13(18)16-7-6-10-5-4-8-20-10/h4-5,8,11-12H,6-7,9H2,1-3H3,(H,16,18)(H,17,19)/t11-,12-/m1/s1. The number of amides is 2. The van der Waals surface area contributed by atoms with Crippen molar-refractivity contribution < 1.29 is 9.59 Å². The van der Waals surface area contributed by atoms with Crippen LogP contribution in [0.3, 0.4) is 0 Å². The minimum Gasteiger partial charge on any atom is -0.355 e. The molecule has 0 aromatic carbocycles. The number of carbonyl (C=O) groups is 2. The summed E-state index contributed by atoms with van der Waals surface area (Å²) >= 11 is 1.68. The van der Waals surface area contributed by atoms with Gasteiger partial charge in [-0.3, -0.25) is 9.59 Å². The molecular formula is C15H22N2O2S. The number of hydrogen-bond donors (Lipinski definition) is 2. The zero-order valence-corrected chi connectivity index (χ0v) is 13.0. The van der Waals surface area contributed by atoms with Crippen molar-refractivity contribution in [2.24, 2.45) is 17.3 Å². The fraction of sp³-hybridized carbons (Fsp3) is 0.600. The highest BCUT2D eigenvalue weighted by molar-refractivity contribution is 7.09. The highest BCUT2D eigenvalue weighted by Crippen LogP contribution is 2.35. The van der Waals surface area contributed by atoms with Crippen molar-refractivity contribution in [1.29, 1.82) is 0 Å². The van der Waals surface area contributed by atoms with Gasteiger partial charge in [-0.2, -0.15) is 0 Å². The molecule has 2 heterocycles. The topological polar surface area (TPSA) is 58.2 Å². The molecule has 2 amide bonds. The monoisotopic (exact) mass is 294 g/mol. The number of hydrogen-bond acceptors (Lipinski definition) is 3. The molecule has 0 unspecified atom stereocenters. The summed E-state index contributed by atoms with van der Waals surface area (Å²) in [5, 5.41) is 7.74. The van der Waals surface area contributed by atoms with Crippen molar-refractivity contribution in [3.8, 4) is 0 Å². The lowest BCUT2D eigenvalue weighted by Crippen LogP contribution is -2.41. The van der Waals surface area contributed by atoms with E-state index in [0.717, 1.165) is 6.42 Å². The van der Waals surface area contributed by atoms with Gasteiger partial charge < -0.3 is 10.6 Å². The quantitative estimate of drug-likeness (QED) is 0.832. The van der Waals surface area contributed by atoms with Gasteiger partial charge in [0.1, 0.15) is 5.92 Å². The van der Waals surface area contributed by atoms with E-state index in [4.69, 9.17) is 0 Å². The summed E-state index contributed by atoms with van der Waals surface area (Å²) in [6, 6.07) is 4.05. The molecule has 0 bridgehead atoms. The van der Waals surface area contributed by atoms with Gasteiger partial charge in [-0.1, -0.05) is 26.8 Å². The SMILES string of the molecule is CC(C)(C)[C@@H]1CNC(=O)[C@H]1C(=O)NCCc1cccs1. The van der Waals surface area contributed by atoms with Gasteiger partial charge in [-0.15, -0.1) is 11.3 Å². The van der Waals surface area contributed by atoms with Crippen molar-refractivity contribution >= 4 is 23.2 Å². The Bertz CT molecular complexity index is 477. The molecule has 1 aromatic rings. The number of rotatable bonds is 4. The number of carbonyl (C=O) groups excluding carboxylic acids is 2. The Hall–Kier alpha value is -1.36. The lowest BCUT2D eigenvalue weighted by molar-refractivity contribution is -0.135. The first-order chi connectivity index (χ1) is 9.39. The Morgan fingerprint density at radius 2 is 2.25 bits per heavy atom. The van der Waals surface area contributed by atoms with Gasteiger partial charge in [0.05, 0.1) is 0 Å². The number of thiophene rings is 1. The molecule has 2 N–H and O–H groups in total. The highest BCUT2D eigenvalue weighted by atomic mass is 32.1. The second-order valence-electron chi connectivity index (χ2n) is 6.32. The van der Waals surface area contributed by atoms with E-state index in [9.17, 15) is 9.59 Å². The van der Waals surface area contributed by atoms with E-state index in [1.165, 1.54) is 4.88 Å². The predicted octanol–water partition coefficient (Wildman–Crippen LogP) is 1.82. The maximum atomic E-state index is 12.3. The molecule has 110 valence electrons. The van der Waals surface area contributed by atoms with Crippen LogP contribution in [0.15, 0.2) is 17.5 Å². The minimum absolute atomic E-state index is 0.0525. The average Bonchev–Trinajstić information content (AvgIpc) is 2.97. The average molecular weight is 294 g/mol. The second kappa shape index (κ2) is 5.95. The Balaban J connectivity index is 1.91. The molecular weight excluding hydrogens is 272 g/mol. The predicted molar refractivity (Wildman–Crippen MR) is 80.5 cm³/mol. The summed E-state index contributed by atoms with van der Waals surface area (Å²) in [6.07, 6.45) is 0.817. The fourth-order valence-electron chi connectivity index (χ4n) is 2.60. The maximum absolute atomic E-state index is 12.3. The minimum atomic E-state index is -0.557. The Morgan fingerprint density at radius 3 is 2.85 bits per heavy atom. The summed E-state index contributed by atoms with van der Waals surface area (Å²) in [5.74, 6) is -0.787. The van der Waals surface area contributed by atoms with E-state index in [2.05, 4.69) is 37.5 Å². The Labute approximate surface area is 124 Å². The molecule has 0 aliphatic carbocycles. The highest BCUT2D eigenvalue weighted by Gasteiger charge is 2.45. The molecule has 5 heteroatoms. The van der Waals surface area contributed by atoms with Crippen molar-refractivity contribution in [1.82, 2.24) is 10.6 Å². The molecule has 1 fully saturated rings. The molecule has 1 saturated heterocycles. The van der Waals surface area contributed by atoms with E-state index in [1.54, 1.807) is 11.3 Å². The molecule has 0 saturated carbocycles. The summed E-state index contributed by atoms with van der Waals surface area (Å²) in [6.45, 7) is 7.39. The Morgan fingerprint density at radius 1 is 1.50 bits per heavy atom. The second-order valence-corrected chi connectivity index (χ2v) is 7.35. The van der Waals surface area contributed by atoms with Crippen LogP contribution in [0.4, 0.5) is 0 Å². The molecule has 4 nitrogen and oxygen atoms in total. The van der Waals surface area contributed by atoms with E-state index in [0.29, 0.717) is 13.1 Å². The van der Waals surface area contributed by atoms with Gasteiger partial charge in [0, 0.05) is 23.9 Å². The smallest absolute Gasteiger partial charge is 0.232 e. The first-order valence-corrected chi connectivity index (χ1v) is 7.85. The summed E-state index contributed by atoms with van der Waals surface area (Å²) in [4.78, 5) is 25.4. The summed E-state index contributed by atoms with van der Waals surface area (Å²) in [5.41, 5.74) is -0.0606. The van der Waals surface area contributed by atoms with Crippen LogP contribution < -0.4 is 10.6 Å². The molecule has 1 aromatic heterocycles. The van der Waals surface area contributed by atoms with E-state index in [-0.39, 0.29) is 23.1 Å². The van der Waals surface area contributed by atoms with Gasteiger partial charge in [0.2, 0.25) is 11.8 Å². The van der Waals surface area contributed by atoms with Gasteiger partial charge in [-0.25, -0.2) is 0 Å². The molecule has 1 aliphatic rings. The van der Waals surface area contributed by atoms with Gasteiger partial charge in [0.25, 0.3) is 0 Å². The molecule has 0 radical (unpaired) electrons.